The number of ether oxygens (including phenoxy) is 2. The van der Waals surface area contributed by atoms with Crippen LogP contribution in [0, 0.1) is 0 Å². The molecule has 1 saturated heterocycles. The van der Waals surface area contributed by atoms with Crippen LogP contribution in [-0.2, 0) is 20.7 Å². The highest BCUT2D eigenvalue weighted by atomic mass is 16.5. The summed E-state index contributed by atoms with van der Waals surface area (Å²) < 4.78 is 10.5. The number of carbonyl (C=O) groups is 1. The van der Waals surface area contributed by atoms with Gasteiger partial charge < -0.3 is 14.8 Å². The third-order valence-electron chi connectivity index (χ3n) is 3.98. The Morgan fingerprint density at radius 1 is 1.32 bits per heavy atom. The minimum absolute atomic E-state index is 0.0586. The van der Waals surface area contributed by atoms with E-state index in [9.17, 15) is 4.79 Å². The molecule has 1 fully saturated rings. The standard InChI is InChI=1S/C17H26N2O3/c1-14(21-2)17(20)18-16(12-15-6-4-3-5-7-15)13-19-8-10-22-11-9-19/h3-7,14,16H,8-13H2,1-2H3,(H,18,20)/t14-,16-/m0/s1. The Labute approximate surface area is 132 Å². The maximum absolute atomic E-state index is 12.1. The second-order valence-electron chi connectivity index (χ2n) is 5.69. The Bertz CT molecular complexity index is 446. The molecule has 0 radical (unpaired) electrons. The van der Waals surface area contributed by atoms with Crippen LogP contribution in [0.5, 0.6) is 0 Å². The van der Waals surface area contributed by atoms with Gasteiger partial charge in [0.1, 0.15) is 6.10 Å². The largest absolute Gasteiger partial charge is 0.379 e. The molecule has 1 aromatic rings. The molecule has 1 aliphatic rings. The van der Waals surface area contributed by atoms with Crippen molar-refractivity contribution in [1.29, 1.82) is 0 Å². The van der Waals surface area contributed by atoms with Crippen molar-refractivity contribution in [3.8, 4) is 0 Å². The molecule has 1 heterocycles. The van der Waals surface area contributed by atoms with Crippen molar-refractivity contribution in [3.63, 3.8) is 0 Å². The molecular formula is C17H26N2O3. The number of hydrogen-bond acceptors (Lipinski definition) is 4. The third-order valence-corrected chi connectivity index (χ3v) is 3.98. The molecule has 22 heavy (non-hydrogen) atoms. The lowest BCUT2D eigenvalue weighted by Gasteiger charge is -2.31. The Morgan fingerprint density at radius 2 is 2.00 bits per heavy atom. The highest BCUT2D eigenvalue weighted by Gasteiger charge is 2.21. The maximum atomic E-state index is 12.1. The number of nitrogens with zero attached hydrogens (tertiary/aromatic N) is 1. The van der Waals surface area contributed by atoms with Gasteiger partial charge in [0.05, 0.1) is 13.2 Å². The van der Waals surface area contributed by atoms with E-state index >= 15 is 0 Å². The van der Waals surface area contributed by atoms with Crippen molar-refractivity contribution < 1.29 is 14.3 Å². The minimum atomic E-state index is -0.428. The Morgan fingerprint density at radius 3 is 2.64 bits per heavy atom. The van der Waals surface area contributed by atoms with Gasteiger partial charge in [-0.25, -0.2) is 0 Å². The van der Waals surface area contributed by atoms with Crippen molar-refractivity contribution in [2.24, 2.45) is 0 Å². The van der Waals surface area contributed by atoms with Gasteiger partial charge in [-0.05, 0) is 18.9 Å². The quantitative estimate of drug-likeness (QED) is 0.819. The fourth-order valence-electron chi connectivity index (χ4n) is 2.58. The molecule has 0 saturated carbocycles. The number of methoxy groups -OCH3 is 1. The van der Waals surface area contributed by atoms with Gasteiger partial charge in [-0.3, -0.25) is 9.69 Å². The molecule has 2 atom stereocenters. The first-order valence-electron chi connectivity index (χ1n) is 7.86. The summed E-state index contributed by atoms with van der Waals surface area (Å²) in [5.74, 6) is -0.0586. The highest BCUT2D eigenvalue weighted by molar-refractivity contribution is 5.80. The second-order valence-corrected chi connectivity index (χ2v) is 5.69. The summed E-state index contributed by atoms with van der Waals surface area (Å²) in [4.78, 5) is 14.5. The fourth-order valence-corrected chi connectivity index (χ4v) is 2.58. The Kier molecular flexibility index (Phi) is 6.83. The zero-order valence-electron chi connectivity index (χ0n) is 13.5. The number of amides is 1. The zero-order chi connectivity index (χ0) is 15.8. The molecule has 0 aliphatic carbocycles. The van der Waals surface area contributed by atoms with Gasteiger partial charge in [-0.2, -0.15) is 0 Å². The van der Waals surface area contributed by atoms with E-state index in [1.807, 2.05) is 18.2 Å². The van der Waals surface area contributed by atoms with E-state index in [4.69, 9.17) is 9.47 Å². The molecule has 1 aliphatic heterocycles. The number of carbonyl (C=O) groups excluding carboxylic acids is 1. The van der Waals surface area contributed by atoms with Gasteiger partial charge in [0, 0.05) is 32.8 Å². The molecule has 1 amide bonds. The van der Waals surface area contributed by atoms with Crippen LogP contribution in [0.15, 0.2) is 30.3 Å². The van der Waals surface area contributed by atoms with Crippen LogP contribution < -0.4 is 5.32 Å². The Balaban J connectivity index is 1.97. The molecule has 5 nitrogen and oxygen atoms in total. The van der Waals surface area contributed by atoms with Crippen molar-refractivity contribution in [2.75, 3.05) is 40.0 Å². The van der Waals surface area contributed by atoms with Gasteiger partial charge in [0.25, 0.3) is 0 Å². The topological polar surface area (TPSA) is 50.8 Å². The summed E-state index contributed by atoms with van der Waals surface area (Å²) >= 11 is 0. The predicted octanol–water partition coefficient (Wildman–Crippen LogP) is 1.08. The van der Waals surface area contributed by atoms with Gasteiger partial charge in [-0.1, -0.05) is 30.3 Å². The molecule has 1 N–H and O–H groups in total. The van der Waals surface area contributed by atoms with Crippen LogP contribution in [0.3, 0.4) is 0 Å². The van der Waals surface area contributed by atoms with E-state index < -0.39 is 6.10 Å². The SMILES string of the molecule is CO[C@@H](C)C(=O)N[C@@H](Cc1ccccc1)CN1CCOCC1. The van der Waals surface area contributed by atoms with Gasteiger partial charge in [0.15, 0.2) is 0 Å². The smallest absolute Gasteiger partial charge is 0.249 e. The van der Waals surface area contributed by atoms with Crippen LogP contribution in [0.25, 0.3) is 0 Å². The molecule has 1 aromatic carbocycles. The molecule has 0 unspecified atom stereocenters. The number of hydrogen-bond donors (Lipinski definition) is 1. The average Bonchev–Trinajstić information content (AvgIpc) is 2.55. The van der Waals surface area contributed by atoms with E-state index in [0.29, 0.717) is 0 Å². The molecule has 122 valence electrons. The van der Waals surface area contributed by atoms with Crippen LogP contribution in [0.1, 0.15) is 12.5 Å². The lowest BCUT2D eigenvalue weighted by molar-refractivity contribution is -0.131. The molecule has 5 heteroatoms. The number of morpholine rings is 1. The lowest BCUT2D eigenvalue weighted by atomic mass is 10.0. The Hall–Kier alpha value is -1.43. The summed E-state index contributed by atoms with van der Waals surface area (Å²) in [7, 11) is 1.55. The van der Waals surface area contributed by atoms with Crippen molar-refractivity contribution in [1.82, 2.24) is 10.2 Å². The highest BCUT2D eigenvalue weighted by Crippen LogP contribution is 2.07. The van der Waals surface area contributed by atoms with Crippen LogP contribution in [0.2, 0.25) is 0 Å². The zero-order valence-corrected chi connectivity index (χ0v) is 13.5. The van der Waals surface area contributed by atoms with Crippen LogP contribution in [-0.4, -0.2) is 62.9 Å². The third kappa shape index (κ3) is 5.40. The number of rotatable bonds is 7. The second kappa shape index (κ2) is 8.88. The van der Waals surface area contributed by atoms with E-state index in [1.54, 1.807) is 14.0 Å². The first-order valence-corrected chi connectivity index (χ1v) is 7.86. The average molecular weight is 306 g/mol. The monoisotopic (exact) mass is 306 g/mol. The van der Waals surface area contributed by atoms with Crippen molar-refractivity contribution >= 4 is 5.91 Å². The first-order chi connectivity index (χ1) is 10.7. The first kappa shape index (κ1) is 16.9. The van der Waals surface area contributed by atoms with E-state index in [-0.39, 0.29) is 11.9 Å². The van der Waals surface area contributed by atoms with Crippen molar-refractivity contribution in [2.45, 2.75) is 25.5 Å². The molecule has 0 spiro atoms. The van der Waals surface area contributed by atoms with Crippen molar-refractivity contribution in [3.05, 3.63) is 35.9 Å². The van der Waals surface area contributed by atoms with Crippen LogP contribution >= 0.6 is 0 Å². The number of benzene rings is 1. The summed E-state index contributed by atoms with van der Waals surface area (Å²) in [6.07, 6.45) is 0.392. The summed E-state index contributed by atoms with van der Waals surface area (Å²) in [5, 5.41) is 3.12. The van der Waals surface area contributed by atoms with E-state index in [2.05, 4.69) is 22.3 Å². The summed E-state index contributed by atoms with van der Waals surface area (Å²) in [6.45, 7) is 5.97. The van der Waals surface area contributed by atoms with E-state index in [0.717, 1.165) is 39.3 Å². The predicted molar refractivity (Wildman–Crippen MR) is 85.8 cm³/mol. The maximum Gasteiger partial charge on any atom is 0.249 e. The normalized spacial score (nSPS) is 18.6. The molecular weight excluding hydrogens is 280 g/mol. The summed E-state index contributed by atoms with van der Waals surface area (Å²) in [6, 6.07) is 10.3. The fraction of sp³-hybridized carbons (Fsp3) is 0.588. The lowest BCUT2D eigenvalue weighted by Crippen LogP contribution is -2.50. The van der Waals surface area contributed by atoms with E-state index in [1.165, 1.54) is 5.56 Å². The minimum Gasteiger partial charge on any atom is -0.379 e. The molecule has 0 bridgehead atoms. The van der Waals surface area contributed by atoms with Gasteiger partial charge >= 0.3 is 0 Å². The van der Waals surface area contributed by atoms with Gasteiger partial charge in [-0.15, -0.1) is 0 Å². The van der Waals surface area contributed by atoms with Crippen LogP contribution in [0.4, 0.5) is 0 Å². The molecule has 0 aromatic heterocycles. The van der Waals surface area contributed by atoms with Gasteiger partial charge in [0.2, 0.25) is 5.91 Å². The number of nitrogens with one attached hydrogen (secondary N) is 1. The molecule has 2 rings (SSSR count). The summed E-state index contributed by atoms with van der Waals surface area (Å²) in [5.41, 5.74) is 1.23.